The van der Waals surface area contributed by atoms with Gasteiger partial charge in [0, 0.05) is 6.42 Å². The van der Waals surface area contributed by atoms with Crippen LogP contribution in [0, 0.1) is 0 Å². The Hall–Kier alpha value is -1.13. The van der Waals surface area contributed by atoms with Crippen LogP contribution in [0.15, 0.2) is 24.3 Å². The van der Waals surface area contributed by atoms with Crippen LogP contribution in [0.3, 0.4) is 0 Å². The fourth-order valence-corrected chi connectivity index (χ4v) is 7.35. The number of allylic oxidation sites excluding steroid dienone is 4. The first kappa shape index (κ1) is 50.9. The largest absolute Gasteiger partial charge is 0.394 e. The molecule has 0 aromatic carbocycles. The highest BCUT2D eigenvalue weighted by molar-refractivity contribution is 5.76. The summed E-state index contributed by atoms with van der Waals surface area (Å²) >= 11 is 0. The third kappa shape index (κ3) is 40.1. The summed E-state index contributed by atoms with van der Waals surface area (Å²) in [6.45, 7) is 4.35. The molecule has 0 aromatic heterocycles. The molecule has 52 heavy (non-hydrogen) atoms. The van der Waals surface area contributed by atoms with Crippen LogP contribution in [0.25, 0.3) is 0 Å². The van der Waals surface area contributed by atoms with Crippen LogP contribution < -0.4 is 5.32 Å². The van der Waals surface area contributed by atoms with Gasteiger partial charge in [0.25, 0.3) is 0 Å². The molecule has 0 aliphatic rings. The van der Waals surface area contributed by atoms with Gasteiger partial charge < -0.3 is 15.5 Å². The summed E-state index contributed by atoms with van der Waals surface area (Å²) in [5.74, 6) is -0.0326. The molecule has 3 N–H and O–H groups in total. The van der Waals surface area contributed by atoms with Gasteiger partial charge in [-0.05, 0) is 38.5 Å². The van der Waals surface area contributed by atoms with Crippen LogP contribution in [0.2, 0.25) is 0 Å². The van der Waals surface area contributed by atoms with Gasteiger partial charge in [-0.15, -0.1) is 0 Å². The first-order valence-corrected chi connectivity index (χ1v) is 23.6. The zero-order chi connectivity index (χ0) is 37.8. The molecule has 0 aromatic rings. The van der Waals surface area contributed by atoms with Crippen molar-refractivity contribution in [2.75, 3.05) is 6.61 Å². The third-order valence-electron chi connectivity index (χ3n) is 11.0. The lowest BCUT2D eigenvalue weighted by molar-refractivity contribution is -0.123. The zero-order valence-electron chi connectivity index (χ0n) is 35.3. The van der Waals surface area contributed by atoms with E-state index >= 15 is 0 Å². The maximum Gasteiger partial charge on any atom is 0.220 e. The van der Waals surface area contributed by atoms with Gasteiger partial charge >= 0.3 is 0 Å². The number of rotatable bonds is 43. The Morgan fingerprint density at radius 2 is 0.769 bits per heavy atom. The summed E-state index contributed by atoms with van der Waals surface area (Å²) in [6, 6.07) is -0.536. The average molecular weight is 732 g/mol. The quantitative estimate of drug-likeness (QED) is 0.0432. The summed E-state index contributed by atoms with van der Waals surface area (Å²) in [5, 5.41) is 23.2. The standard InChI is InChI=1S/C48H93NO3/c1-3-5-7-9-11-13-15-17-19-21-23-24-26-27-29-31-33-35-37-39-41-43-47(51)46(45-50)49-48(52)44-42-40-38-36-34-32-30-28-25-22-20-18-16-14-12-10-8-6-4-2/h12,14,16,18,46-47,50-51H,3-11,13,15,17,19-45H2,1-2H3,(H,49,52)/b14-12-,18-16-. The van der Waals surface area contributed by atoms with Crippen molar-refractivity contribution in [3.63, 3.8) is 0 Å². The number of nitrogens with one attached hydrogen (secondary N) is 1. The molecule has 1 amide bonds. The molecule has 0 spiro atoms. The average Bonchev–Trinajstić information content (AvgIpc) is 3.15. The molecule has 0 bridgehead atoms. The minimum atomic E-state index is -0.659. The van der Waals surface area contributed by atoms with Crippen LogP contribution in [-0.2, 0) is 4.79 Å². The van der Waals surface area contributed by atoms with Crippen LogP contribution in [0.1, 0.15) is 258 Å². The van der Waals surface area contributed by atoms with Gasteiger partial charge in [-0.1, -0.05) is 237 Å². The molecule has 4 nitrogen and oxygen atoms in total. The Kier molecular flexibility index (Phi) is 43.3. The van der Waals surface area contributed by atoms with E-state index in [9.17, 15) is 15.0 Å². The van der Waals surface area contributed by atoms with Crippen molar-refractivity contribution < 1.29 is 15.0 Å². The number of aliphatic hydroxyl groups is 2. The Morgan fingerprint density at radius 1 is 0.462 bits per heavy atom. The van der Waals surface area contributed by atoms with Gasteiger partial charge in [0.05, 0.1) is 18.8 Å². The van der Waals surface area contributed by atoms with Crippen LogP contribution >= 0.6 is 0 Å². The zero-order valence-corrected chi connectivity index (χ0v) is 35.3. The lowest BCUT2D eigenvalue weighted by atomic mass is 10.0. The van der Waals surface area contributed by atoms with Gasteiger partial charge in [-0.25, -0.2) is 0 Å². The molecule has 2 unspecified atom stereocenters. The summed E-state index contributed by atoms with van der Waals surface area (Å²) < 4.78 is 0. The van der Waals surface area contributed by atoms with Gasteiger partial charge in [-0.3, -0.25) is 4.79 Å². The van der Waals surface area contributed by atoms with Gasteiger partial charge in [0.15, 0.2) is 0 Å². The summed E-state index contributed by atoms with van der Waals surface area (Å²) in [7, 11) is 0. The molecule has 4 heteroatoms. The van der Waals surface area contributed by atoms with Crippen LogP contribution in [-0.4, -0.2) is 34.9 Å². The molecular weight excluding hydrogens is 639 g/mol. The summed E-state index contributed by atoms with van der Waals surface area (Å²) in [6.07, 6.45) is 56.9. The van der Waals surface area contributed by atoms with E-state index in [0.29, 0.717) is 12.8 Å². The molecule has 0 saturated heterocycles. The molecule has 0 aliphatic carbocycles. The number of unbranched alkanes of at least 4 members (excludes halogenated alkanes) is 33. The van der Waals surface area contributed by atoms with Gasteiger partial charge in [-0.2, -0.15) is 0 Å². The van der Waals surface area contributed by atoms with E-state index in [2.05, 4.69) is 43.5 Å². The maximum atomic E-state index is 12.4. The highest BCUT2D eigenvalue weighted by Crippen LogP contribution is 2.17. The fourth-order valence-electron chi connectivity index (χ4n) is 7.35. The molecule has 2 atom stereocenters. The van der Waals surface area contributed by atoms with E-state index in [4.69, 9.17) is 0 Å². The van der Waals surface area contributed by atoms with Crippen molar-refractivity contribution in [2.24, 2.45) is 0 Å². The van der Waals surface area contributed by atoms with Crippen molar-refractivity contribution in [1.82, 2.24) is 5.32 Å². The first-order valence-electron chi connectivity index (χ1n) is 23.6. The number of hydrogen-bond acceptors (Lipinski definition) is 3. The summed E-state index contributed by atoms with van der Waals surface area (Å²) in [4.78, 5) is 12.4. The van der Waals surface area contributed by atoms with E-state index in [0.717, 1.165) is 25.7 Å². The number of carbonyl (C=O) groups excluding carboxylic acids is 1. The minimum absolute atomic E-state index is 0.0326. The molecule has 0 rings (SSSR count). The van der Waals surface area contributed by atoms with E-state index in [1.165, 1.54) is 205 Å². The summed E-state index contributed by atoms with van der Waals surface area (Å²) in [5.41, 5.74) is 0. The highest BCUT2D eigenvalue weighted by atomic mass is 16.3. The Bertz CT molecular complexity index is 750. The van der Waals surface area contributed by atoms with Crippen molar-refractivity contribution in [3.05, 3.63) is 24.3 Å². The number of carbonyl (C=O) groups is 1. The first-order chi connectivity index (χ1) is 25.7. The van der Waals surface area contributed by atoms with E-state index < -0.39 is 12.1 Å². The second-order valence-corrected chi connectivity index (χ2v) is 16.2. The van der Waals surface area contributed by atoms with Crippen LogP contribution in [0.4, 0.5) is 0 Å². The van der Waals surface area contributed by atoms with Gasteiger partial charge in [0.2, 0.25) is 5.91 Å². The SMILES string of the molecule is CCCCC/C=C\C=C/CCCCCCCCCCCCC(=O)NC(CO)C(O)CCCCCCCCCCCCCCCCCCCCCCC. The Morgan fingerprint density at radius 3 is 1.15 bits per heavy atom. The molecule has 0 aliphatic heterocycles. The molecule has 0 radical (unpaired) electrons. The molecule has 0 heterocycles. The number of hydrogen-bond donors (Lipinski definition) is 3. The minimum Gasteiger partial charge on any atom is -0.394 e. The van der Waals surface area contributed by atoms with E-state index in [-0.39, 0.29) is 12.5 Å². The van der Waals surface area contributed by atoms with E-state index in [1.807, 2.05) is 0 Å². The predicted octanol–water partition coefficient (Wildman–Crippen LogP) is 14.8. The van der Waals surface area contributed by atoms with Crippen molar-refractivity contribution in [3.8, 4) is 0 Å². The van der Waals surface area contributed by atoms with Crippen molar-refractivity contribution >= 4 is 5.91 Å². The molecule has 308 valence electrons. The topological polar surface area (TPSA) is 69.6 Å². The number of amides is 1. The highest BCUT2D eigenvalue weighted by Gasteiger charge is 2.20. The Balaban J connectivity index is 3.49. The number of aliphatic hydroxyl groups excluding tert-OH is 2. The molecule has 0 saturated carbocycles. The monoisotopic (exact) mass is 732 g/mol. The van der Waals surface area contributed by atoms with Crippen LogP contribution in [0.5, 0.6) is 0 Å². The van der Waals surface area contributed by atoms with E-state index in [1.54, 1.807) is 0 Å². The molecular formula is C48H93NO3. The second kappa shape index (κ2) is 44.3. The smallest absolute Gasteiger partial charge is 0.220 e. The molecule has 0 fully saturated rings. The Labute approximate surface area is 326 Å². The normalized spacial score (nSPS) is 13.1. The second-order valence-electron chi connectivity index (χ2n) is 16.2. The lowest BCUT2D eigenvalue weighted by Crippen LogP contribution is -2.45. The van der Waals surface area contributed by atoms with Crippen molar-refractivity contribution in [2.45, 2.75) is 270 Å². The predicted molar refractivity (Wildman–Crippen MR) is 230 cm³/mol. The maximum absolute atomic E-state index is 12.4. The van der Waals surface area contributed by atoms with Gasteiger partial charge in [0.1, 0.15) is 0 Å². The fraction of sp³-hybridized carbons (Fsp3) is 0.896. The third-order valence-corrected chi connectivity index (χ3v) is 11.0. The van der Waals surface area contributed by atoms with Crippen molar-refractivity contribution in [1.29, 1.82) is 0 Å². The lowest BCUT2D eigenvalue weighted by Gasteiger charge is -2.22.